The van der Waals surface area contributed by atoms with Crippen molar-refractivity contribution in [2.24, 2.45) is 0 Å². The van der Waals surface area contributed by atoms with Crippen molar-refractivity contribution in [1.82, 2.24) is 0 Å². The fraction of sp³-hybridized carbons (Fsp3) is 0.500. The van der Waals surface area contributed by atoms with Gasteiger partial charge in [-0.25, -0.2) is 9.18 Å². The molecule has 0 aliphatic carbocycles. The molecule has 0 aromatic rings. The highest BCUT2D eigenvalue weighted by Crippen LogP contribution is 1.60. The van der Waals surface area contributed by atoms with E-state index in [1.165, 1.54) is 0 Å². The summed E-state index contributed by atoms with van der Waals surface area (Å²) in [5.74, 6) is -3.91. The lowest BCUT2D eigenvalue weighted by Gasteiger charge is -1.69. The maximum atomic E-state index is 10.5. The average molecular weight is 258 g/mol. The van der Waals surface area contributed by atoms with Gasteiger partial charge in [-0.15, -0.1) is 0 Å². The molecule has 0 aliphatic rings. The van der Waals surface area contributed by atoms with Gasteiger partial charge in [-0.05, 0) is 0 Å². The molecule has 0 aromatic carbocycles. The largest absolute Gasteiger partial charge is 0.481 e. The van der Waals surface area contributed by atoms with E-state index in [2.05, 4.69) is 0 Å². The molecule has 0 aliphatic heterocycles. The van der Waals surface area contributed by atoms with Crippen molar-refractivity contribution >= 4 is 23.9 Å². The Hall–Kier alpha value is -2.19. The van der Waals surface area contributed by atoms with Gasteiger partial charge in [0.1, 0.15) is 0 Å². The summed E-state index contributed by atoms with van der Waals surface area (Å²) in [5.41, 5.74) is 0. The molecule has 9 heteroatoms. The van der Waals surface area contributed by atoms with Crippen LogP contribution in [0.15, 0.2) is 0 Å². The van der Waals surface area contributed by atoms with Crippen LogP contribution < -0.4 is 0 Å². The van der Waals surface area contributed by atoms with Crippen LogP contribution in [0.2, 0.25) is 0 Å². The van der Waals surface area contributed by atoms with Crippen molar-refractivity contribution in [3.8, 4) is 0 Å². The lowest BCUT2D eigenvalue weighted by molar-refractivity contribution is -0.138. The predicted molar refractivity (Wildman–Crippen MR) is 53.5 cm³/mol. The van der Waals surface area contributed by atoms with Crippen LogP contribution in [0.3, 0.4) is 0 Å². The second-order valence-corrected chi connectivity index (χ2v) is 2.08. The third-order valence-electron chi connectivity index (χ3n) is 0.114. The summed E-state index contributed by atoms with van der Waals surface area (Å²) in [5, 5.41) is 29.6. The average Bonchev–Trinajstić information content (AvgIpc) is 2.00. The highest BCUT2D eigenvalue weighted by molar-refractivity contribution is 5.67. The maximum Gasteiger partial charge on any atom is 0.335 e. The van der Waals surface area contributed by atoms with E-state index in [1.807, 2.05) is 0 Å². The van der Waals surface area contributed by atoms with Crippen molar-refractivity contribution in [2.45, 2.75) is 20.8 Å². The number of alkyl halides is 1. The van der Waals surface area contributed by atoms with Gasteiger partial charge in [0.15, 0.2) is 6.67 Å². The Morgan fingerprint density at radius 2 is 0.824 bits per heavy atom. The number of carbonyl (C=O) groups is 4. The van der Waals surface area contributed by atoms with Gasteiger partial charge in [-0.3, -0.25) is 14.4 Å². The number of carboxylic acids is 4. The predicted octanol–water partition coefficient (Wildman–Crippen LogP) is 0.313. The molecule has 0 fully saturated rings. The van der Waals surface area contributed by atoms with Crippen molar-refractivity contribution in [1.29, 1.82) is 0 Å². The van der Waals surface area contributed by atoms with E-state index in [0.717, 1.165) is 20.8 Å². The van der Waals surface area contributed by atoms with Gasteiger partial charge in [-0.2, -0.15) is 0 Å². The lowest BCUT2D eigenvalue weighted by atomic mass is 10.8. The van der Waals surface area contributed by atoms with Gasteiger partial charge in [0.2, 0.25) is 0 Å². The molecule has 0 saturated heterocycles. The van der Waals surface area contributed by atoms with Crippen molar-refractivity contribution in [2.75, 3.05) is 6.67 Å². The molecule has 0 atom stereocenters. The van der Waals surface area contributed by atoms with Crippen LogP contribution >= 0.6 is 0 Å². The molecule has 4 N–H and O–H groups in total. The number of rotatable bonds is 1. The molecule has 0 spiro atoms. The van der Waals surface area contributed by atoms with Crippen LogP contribution in [0.4, 0.5) is 4.39 Å². The number of aliphatic carboxylic acids is 4. The lowest BCUT2D eigenvalue weighted by Crippen LogP contribution is -1.93. The molecule has 102 valence electrons. The van der Waals surface area contributed by atoms with Crippen LogP contribution in [0.25, 0.3) is 0 Å². The Morgan fingerprint density at radius 3 is 0.824 bits per heavy atom. The Morgan fingerprint density at radius 1 is 0.765 bits per heavy atom. The number of halogens is 1. The Bertz CT molecular complexity index is 197. The normalized spacial score (nSPS) is 6.59. The molecule has 0 radical (unpaired) electrons. The number of hydrogen-bond donors (Lipinski definition) is 4. The van der Waals surface area contributed by atoms with Gasteiger partial charge in [0, 0.05) is 20.8 Å². The fourth-order valence-electron chi connectivity index (χ4n) is 0. The minimum Gasteiger partial charge on any atom is -0.481 e. The maximum absolute atomic E-state index is 10.5. The summed E-state index contributed by atoms with van der Waals surface area (Å²) in [7, 11) is 0. The van der Waals surface area contributed by atoms with Crippen LogP contribution in [0.5, 0.6) is 0 Å². The summed E-state index contributed by atoms with van der Waals surface area (Å²) in [6.45, 7) is 1.97. The summed E-state index contributed by atoms with van der Waals surface area (Å²) >= 11 is 0. The monoisotopic (exact) mass is 258 g/mol. The van der Waals surface area contributed by atoms with Crippen molar-refractivity contribution < 1.29 is 44.0 Å². The molecule has 17 heavy (non-hydrogen) atoms. The van der Waals surface area contributed by atoms with Gasteiger partial charge in [0.25, 0.3) is 17.9 Å². The topological polar surface area (TPSA) is 149 Å². The second-order valence-electron chi connectivity index (χ2n) is 2.08. The van der Waals surface area contributed by atoms with E-state index in [-0.39, 0.29) is 0 Å². The zero-order valence-corrected chi connectivity index (χ0v) is 9.51. The first-order valence-electron chi connectivity index (χ1n) is 3.83. The Balaban J connectivity index is -0.0000000667. The standard InChI is InChI=1S/C2H3FO2.3C2H4O2/c3-1-2(4)5;3*1-2(3)4/h1H2,(H,4,5);3*1H3,(H,3,4). The van der Waals surface area contributed by atoms with E-state index in [4.69, 9.17) is 39.6 Å². The molecule has 0 unspecified atom stereocenters. The van der Waals surface area contributed by atoms with Crippen LogP contribution in [-0.2, 0) is 19.2 Å². The Labute approximate surface area is 96.3 Å². The van der Waals surface area contributed by atoms with Gasteiger partial charge < -0.3 is 20.4 Å². The number of carboxylic acid groups (broad SMARTS) is 4. The SMILES string of the molecule is CC(=O)O.CC(=O)O.CC(=O)O.O=C(O)CF. The molecule has 8 nitrogen and oxygen atoms in total. The molecule has 0 bridgehead atoms. The molecular weight excluding hydrogens is 243 g/mol. The van der Waals surface area contributed by atoms with Crippen LogP contribution in [0.1, 0.15) is 20.8 Å². The molecule has 0 rings (SSSR count). The van der Waals surface area contributed by atoms with Gasteiger partial charge in [0.05, 0.1) is 0 Å². The zero-order chi connectivity index (χ0) is 15.0. The van der Waals surface area contributed by atoms with E-state index >= 15 is 0 Å². The van der Waals surface area contributed by atoms with E-state index in [9.17, 15) is 4.39 Å². The highest BCUT2D eigenvalue weighted by Gasteiger charge is 1.85. The van der Waals surface area contributed by atoms with Gasteiger partial charge in [-0.1, -0.05) is 0 Å². The van der Waals surface area contributed by atoms with Crippen molar-refractivity contribution in [3.63, 3.8) is 0 Å². The highest BCUT2D eigenvalue weighted by atomic mass is 19.1. The minimum atomic E-state index is -1.41. The van der Waals surface area contributed by atoms with E-state index < -0.39 is 30.6 Å². The summed E-state index contributed by atoms with van der Waals surface area (Å²) in [4.78, 5) is 36.0. The molecule has 0 saturated carbocycles. The van der Waals surface area contributed by atoms with E-state index in [0.29, 0.717) is 0 Å². The molecule has 0 heterocycles. The third-order valence-corrected chi connectivity index (χ3v) is 0.114. The fourth-order valence-corrected chi connectivity index (χ4v) is 0. The van der Waals surface area contributed by atoms with E-state index in [1.54, 1.807) is 0 Å². The van der Waals surface area contributed by atoms with Gasteiger partial charge >= 0.3 is 5.97 Å². The smallest absolute Gasteiger partial charge is 0.335 e. The first kappa shape index (κ1) is 24.2. The first-order chi connectivity index (χ1) is 7.47. The van der Waals surface area contributed by atoms with Crippen molar-refractivity contribution in [3.05, 3.63) is 0 Å². The minimum absolute atomic E-state index is 0.833. The van der Waals surface area contributed by atoms with Crippen LogP contribution in [0, 0.1) is 0 Å². The molecule has 0 amide bonds. The van der Waals surface area contributed by atoms with Crippen LogP contribution in [-0.4, -0.2) is 51.0 Å². The molecule has 0 aromatic heterocycles. The quantitative estimate of drug-likeness (QED) is 0.525. The summed E-state index contributed by atoms with van der Waals surface area (Å²) in [6.07, 6.45) is 0. The summed E-state index contributed by atoms with van der Waals surface area (Å²) < 4.78 is 10.5. The second kappa shape index (κ2) is 19.4. The number of hydrogen-bond acceptors (Lipinski definition) is 4. The Kier molecular flexibility index (Phi) is 27.6. The third kappa shape index (κ3) is 53400. The first-order valence-corrected chi connectivity index (χ1v) is 3.83. The molecular formula is C8H15FO8. The zero-order valence-electron chi connectivity index (χ0n) is 9.51. The summed E-state index contributed by atoms with van der Waals surface area (Å²) in [6, 6.07) is 0.